The van der Waals surface area contributed by atoms with Crippen LogP contribution in [0.5, 0.6) is 0 Å². The SMILES string of the molecule is O=C(NCc1ccccc1F)[C@@H]1CC[C@H](c2ccccc2)N(C(=O)NC2CCCCC2)C1. The maximum absolute atomic E-state index is 13.9. The minimum atomic E-state index is -0.325. The monoisotopic (exact) mass is 437 g/mol. The molecule has 1 heterocycles. The van der Waals surface area contributed by atoms with Gasteiger partial charge in [-0.2, -0.15) is 0 Å². The largest absolute Gasteiger partial charge is 0.352 e. The second kappa shape index (κ2) is 10.6. The van der Waals surface area contributed by atoms with E-state index < -0.39 is 0 Å². The van der Waals surface area contributed by atoms with E-state index in [-0.39, 0.29) is 42.3 Å². The average Bonchev–Trinajstić information content (AvgIpc) is 2.84. The lowest BCUT2D eigenvalue weighted by molar-refractivity contribution is -0.127. The molecule has 6 heteroatoms. The highest BCUT2D eigenvalue weighted by Gasteiger charge is 2.36. The molecule has 2 atom stereocenters. The van der Waals surface area contributed by atoms with Gasteiger partial charge in [-0.15, -0.1) is 0 Å². The summed E-state index contributed by atoms with van der Waals surface area (Å²) >= 11 is 0. The zero-order valence-electron chi connectivity index (χ0n) is 18.4. The van der Waals surface area contributed by atoms with E-state index in [0.29, 0.717) is 18.5 Å². The van der Waals surface area contributed by atoms with E-state index in [1.165, 1.54) is 12.5 Å². The van der Waals surface area contributed by atoms with Crippen molar-refractivity contribution in [2.24, 2.45) is 5.92 Å². The molecule has 0 unspecified atom stereocenters. The first-order valence-corrected chi connectivity index (χ1v) is 11.7. The van der Waals surface area contributed by atoms with E-state index in [9.17, 15) is 14.0 Å². The maximum atomic E-state index is 13.9. The van der Waals surface area contributed by atoms with Crippen molar-refractivity contribution in [3.63, 3.8) is 0 Å². The number of amides is 3. The molecule has 1 saturated heterocycles. The van der Waals surface area contributed by atoms with Crippen molar-refractivity contribution in [2.45, 2.75) is 63.6 Å². The first-order valence-electron chi connectivity index (χ1n) is 11.7. The number of halogens is 1. The molecule has 0 spiro atoms. The predicted molar refractivity (Wildman–Crippen MR) is 122 cm³/mol. The summed E-state index contributed by atoms with van der Waals surface area (Å²) in [4.78, 5) is 28.0. The van der Waals surface area contributed by atoms with Crippen molar-refractivity contribution in [2.75, 3.05) is 6.54 Å². The topological polar surface area (TPSA) is 61.4 Å². The van der Waals surface area contributed by atoms with Crippen LogP contribution in [-0.2, 0) is 11.3 Å². The van der Waals surface area contributed by atoms with Crippen LogP contribution in [0.1, 0.15) is 62.1 Å². The number of urea groups is 1. The van der Waals surface area contributed by atoms with Crippen molar-refractivity contribution >= 4 is 11.9 Å². The Morgan fingerprint density at radius 3 is 2.38 bits per heavy atom. The molecule has 2 aromatic rings. The molecular formula is C26H32FN3O2. The molecule has 170 valence electrons. The molecule has 0 radical (unpaired) electrons. The summed E-state index contributed by atoms with van der Waals surface area (Å²) < 4.78 is 13.9. The van der Waals surface area contributed by atoms with Crippen LogP contribution in [0.2, 0.25) is 0 Å². The Hall–Kier alpha value is -2.89. The van der Waals surface area contributed by atoms with Gasteiger partial charge in [0.2, 0.25) is 5.91 Å². The van der Waals surface area contributed by atoms with Crippen molar-refractivity contribution in [1.29, 1.82) is 0 Å². The summed E-state index contributed by atoms with van der Waals surface area (Å²) in [5.41, 5.74) is 1.56. The molecule has 2 N–H and O–H groups in total. The van der Waals surface area contributed by atoms with Crippen molar-refractivity contribution in [3.8, 4) is 0 Å². The van der Waals surface area contributed by atoms with Crippen molar-refractivity contribution in [3.05, 3.63) is 71.5 Å². The molecule has 1 saturated carbocycles. The molecule has 0 aromatic heterocycles. The molecule has 2 fully saturated rings. The quantitative estimate of drug-likeness (QED) is 0.696. The fourth-order valence-electron chi connectivity index (χ4n) is 4.90. The van der Waals surface area contributed by atoms with Crippen LogP contribution in [0, 0.1) is 11.7 Å². The smallest absolute Gasteiger partial charge is 0.318 e. The molecule has 1 aliphatic heterocycles. The Balaban J connectivity index is 1.44. The molecule has 3 amide bonds. The summed E-state index contributed by atoms with van der Waals surface area (Å²) in [6, 6.07) is 16.6. The number of hydrogen-bond donors (Lipinski definition) is 2. The predicted octanol–water partition coefficient (Wildman–Crippen LogP) is 4.94. The van der Waals surface area contributed by atoms with Crippen LogP contribution in [0.25, 0.3) is 0 Å². The van der Waals surface area contributed by atoms with Crippen molar-refractivity contribution < 1.29 is 14.0 Å². The first-order chi connectivity index (χ1) is 15.6. The number of piperidine rings is 1. The summed E-state index contributed by atoms with van der Waals surface area (Å²) in [6.07, 6.45) is 6.97. The Morgan fingerprint density at radius 1 is 0.906 bits per heavy atom. The highest BCUT2D eigenvalue weighted by Crippen LogP contribution is 2.34. The number of benzene rings is 2. The standard InChI is InChI=1S/C26H32FN3O2/c27-23-14-8-7-11-20(23)17-28-25(31)21-15-16-24(19-9-3-1-4-10-19)30(18-21)26(32)29-22-12-5-2-6-13-22/h1,3-4,7-11,14,21-22,24H,2,5-6,12-13,15-18H2,(H,28,31)(H,29,32)/t21-,24-/m1/s1. The number of nitrogens with zero attached hydrogens (tertiary/aromatic N) is 1. The number of rotatable bonds is 5. The van der Waals surface area contributed by atoms with Crippen LogP contribution in [0.15, 0.2) is 54.6 Å². The van der Waals surface area contributed by atoms with Gasteiger partial charge in [-0.25, -0.2) is 9.18 Å². The van der Waals surface area contributed by atoms with Crippen molar-refractivity contribution in [1.82, 2.24) is 15.5 Å². The van der Waals surface area contributed by atoms with Gasteiger partial charge in [0.05, 0.1) is 12.0 Å². The fourth-order valence-corrected chi connectivity index (χ4v) is 4.90. The Kier molecular flexibility index (Phi) is 7.40. The van der Waals surface area contributed by atoms with E-state index in [0.717, 1.165) is 37.7 Å². The second-order valence-corrected chi connectivity index (χ2v) is 8.95. The molecule has 0 bridgehead atoms. The van der Waals surface area contributed by atoms with Gasteiger partial charge in [0, 0.05) is 24.7 Å². The number of carbonyl (C=O) groups is 2. The van der Waals surface area contributed by atoms with Gasteiger partial charge in [-0.05, 0) is 37.3 Å². The summed E-state index contributed by atoms with van der Waals surface area (Å²) in [7, 11) is 0. The number of likely N-dealkylation sites (tertiary alicyclic amines) is 1. The average molecular weight is 438 g/mol. The summed E-state index contributed by atoms with van der Waals surface area (Å²) in [6.45, 7) is 0.514. The number of hydrogen-bond acceptors (Lipinski definition) is 2. The van der Waals surface area contributed by atoms with Crippen LogP contribution < -0.4 is 10.6 Å². The normalized spacial score (nSPS) is 21.7. The first kappa shape index (κ1) is 22.3. The molecule has 4 rings (SSSR count). The zero-order valence-corrected chi connectivity index (χ0v) is 18.4. The minimum Gasteiger partial charge on any atom is -0.352 e. The third-order valence-corrected chi connectivity index (χ3v) is 6.74. The van der Waals surface area contributed by atoms with Gasteiger partial charge >= 0.3 is 6.03 Å². The van der Waals surface area contributed by atoms with Gasteiger partial charge in [0.1, 0.15) is 5.82 Å². The van der Waals surface area contributed by atoms with E-state index in [1.807, 2.05) is 35.2 Å². The van der Waals surface area contributed by atoms with E-state index in [4.69, 9.17) is 0 Å². The highest BCUT2D eigenvalue weighted by molar-refractivity contribution is 5.81. The Morgan fingerprint density at radius 2 is 1.62 bits per heavy atom. The fraction of sp³-hybridized carbons (Fsp3) is 0.462. The van der Waals surface area contributed by atoms with Gasteiger partial charge in [0.15, 0.2) is 0 Å². The molecular weight excluding hydrogens is 405 g/mol. The lowest BCUT2D eigenvalue weighted by Crippen LogP contribution is -2.52. The zero-order chi connectivity index (χ0) is 22.3. The van der Waals surface area contributed by atoms with Crippen LogP contribution in [0.3, 0.4) is 0 Å². The van der Waals surface area contributed by atoms with E-state index >= 15 is 0 Å². The lowest BCUT2D eigenvalue weighted by atomic mass is 9.88. The van der Waals surface area contributed by atoms with E-state index in [2.05, 4.69) is 10.6 Å². The van der Waals surface area contributed by atoms with Crippen LogP contribution >= 0.6 is 0 Å². The van der Waals surface area contributed by atoms with E-state index in [1.54, 1.807) is 18.2 Å². The van der Waals surface area contributed by atoms with Crippen LogP contribution in [0.4, 0.5) is 9.18 Å². The minimum absolute atomic E-state index is 0.0459. The molecule has 5 nitrogen and oxygen atoms in total. The molecule has 1 aliphatic carbocycles. The lowest BCUT2D eigenvalue weighted by Gasteiger charge is -2.40. The summed E-state index contributed by atoms with van der Waals surface area (Å²) in [5, 5.41) is 6.09. The highest BCUT2D eigenvalue weighted by atomic mass is 19.1. The third-order valence-electron chi connectivity index (χ3n) is 6.74. The second-order valence-electron chi connectivity index (χ2n) is 8.95. The van der Waals surface area contributed by atoms with Gasteiger partial charge < -0.3 is 15.5 Å². The van der Waals surface area contributed by atoms with Gasteiger partial charge in [-0.3, -0.25) is 4.79 Å². The number of carbonyl (C=O) groups excluding carboxylic acids is 2. The third kappa shape index (κ3) is 5.47. The molecule has 32 heavy (non-hydrogen) atoms. The molecule has 2 aromatic carbocycles. The number of nitrogens with one attached hydrogen (secondary N) is 2. The van der Waals surface area contributed by atoms with Gasteiger partial charge in [-0.1, -0.05) is 67.8 Å². The molecule has 2 aliphatic rings. The van der Waals surface area contributed by atoms with Crippen LogP contribution in [-0.4, -0.2) is 29.4 Å². The van der Waals surface area contributed by atoms with Gasteiger partial charge in [0.25, 0.3) is 0 Å². The summed E-state index contributed by atoms with van der Waals surface area (Å²) in [5.74, 6) is -0.761. The Labute approximate surface area is 189 Å². The Bertz CT molecular complexity index is 914. The maximum Gasteiger partial charge on any atom is 0.318 e.